The number of piperazine rings is 1. The van der Waals surface area contributed by atoms with Gasteiger partial charge < -0.3 is 20.3 Å². The molecule has 0 atom stereocenters. The molecular weight excluding hydrogens is 254 g/mol. The molecule has 0 aromatic heterocycles. The van der Waals surface area contributed by atoms with Crippen LogP contribution in [0.25, 0.3) is 0 Å². The molecule has 108 valence electrons. The number of hydrogen-bond acceptors (Lipinski definition) is 5. The molecule has 1 aliphatic rings. The van der Waals surface area contributed by atoms with E-state index < -0.39 is 0 Å². The third-order valence-corrected chi connectivity index (χ3v) is 3.32. The molecule has 5 heteroatoms. The molecule has 1 aliphatic heterocycles. The molecule has 0 aliphatic carbocycles. The third kappa shape index (κ3) is 3.66. The summed E-state index contributed by atoms with van der Waals surface area (Å²) in [5.41, 5.74) is 7.15. The molecule has 0 spiro atoms. The number of para-hydroxylation sites is 1. The van der Waals surface area contributed by atoms with Gasteiger partial charge in [-0.15, -0.1) is 0 Å². The van der Waals surface area contributed by atoms with Gasteiger partial charge in [0.15, 0.2) is 0 Å². The molecule has 1 aromatic rings. The smallest absolute Gasteiger partial charge is 0.334 e. The highest BCUT2D eigenvalue weighted by atomic mass is 16.5. The highest BCUT2D eigenvalue weighted by Crippen LogP contribution is 2.16. The summed E-state index contributed by atoms with van der Waals surface area (Å²) in [6, 6.07) is 10.3. The summed E-state index contributed by atoms with van der Waals surface area (Å²) >= 11 is 0. The highest BCUT2D eigenvalue weighted by Gasteiger charge is 2.18. The van der Waals surface area contributed by atoms with E-state index in [4.69, 9.17) is 10.5 Å². The van der Waals surface area contributed by atoms with Crippen LogP contribution in [0.3, 0.4) is 0 Å². The number of ether oxygens (including phenoxy) is 1. The Morgan fingerprint density at radius 2 is 1.90 bits per heavy atom. The topological polar surface area (TPSA) is 58.8 Å². The van der Waals surface area contributed by atoms with E-state index in [0.29, 0.717) is 12.4 Å². The monoisotopic (exact) mass is 275 g/mol. The maximum absolute atomic E-state index is 11.4. The van der Waals surface area contributed by atoms with E-state index in [-0.39, 0.29) is 5.97 Å². The van der Waals surface area contributed by atoms with E-state index in [1.165, 1.54) is 11.8 Å². The van der Waals surface area contributed by atoms with Crippen molar-refractivity contribution < 1.29 is 9.53 Å². The molecule has 0 radical (unpaired) electrons. The molecule has 20 heavy (non-hydrogen) atoms. The summed E-state index contributed by atoms with van der Waals surface area (Å²) in [5.74, 6) is 0.103. The van der Waals surface area contributed by atoms with Gasteiger partial charge in [-0.1, -0.05) is 18.2 Å². The van der Waals surface area contributed by atoms with Gasteiger partial charge in [0, 0.05) is 31.9 Å². The standard InChI is InChI=1S/C15H21N3O2/c1-2-20-15(19)12-14(16)18-10-8-17(9-11-18)13-6-4-3-5-7-13/h3-7,12H,2,8-11,16H2,1H3/b14-12-. The molecule has 2 rings (SSSR count). The molecule has 1 heterocycles. The zero-order valence-corrected chi connectivity index (χ0v) is 11.8. The van der Waals surface area contributed by atoms with Gasteiger partial charge in [-0.3, -0.25) is 0 Å². The van der Waals surface area contributed by atoms with E-state index in [0.717, 1.165) is 26.2 Å². The van der Waals surface area contributed by atoms with Crippen molar-refractivity contribution in [3.05, 3.63) is 42.2 Å². The summed E-state index contributed by atoms with van der Waals surface area (Å²) in [6.07, 6.45) is 1.36. The van der Waals surface area contributed by atoms with Crippen molar-refractivity contribution in [1.82, 2.24) is 4.90 Å². The van der Waals surface area contributed by atoms with Crippen LogP contribution in [0.15, 0.2) is 42.2 Å². The number of nitrogens with zero attached hydrogens (tertiary/aromatic N) is 2. The SMILES string of the molecule is CCOC(=O)/C=C(/N)N1CCN(c2ccccc2)CC1. The molecule has 0 amide bonds. The van der Waals surface area contributed by atoms with Crippen molar-refractivity contribution in [3.8, 4) is 0 Å². The van der Waals surface area contributed by atoms with Crippen molar-refractivity contribution >= 4 is 11.7 Å². The van der Waals surface area contributed by atoms with Gasteiger partial charge in [0.2, 0.25) is 0 Å². The summed E-state index contributed by atoms with van der Waals surface area (Å²) in [6.45, 7) is 5.53. The first kappa shape index (κ1) is 14.2. The lowest BCUT2D eigenvalue weighted by molar-refractivity contribution is -0.137. The van der Waals surface area contributed by atoms with Gasteiger partial charge in [0.25, 0.3) is 0 Å². The molecule has 5 nitrogen and oxygen atoms in total. The molecule has 1 fully saturated rings. The molecule has 0 bridgehead atoms. The molecule has 1 saturated heterocycles. The second-order valence-electron chi connectivity index (χ2n) is 4.63. The zero-order valence-electron chi connectivity index (χ0n) is 11.8. The third-order valence-electron chi connectivity index (χ3n) is 3.32. The summed E-state index contributed by atoms with van der Waals surface area (Å²) in [7, 11) is 0. The fourth-order valence-corrected chi connectivity index (χ4v) is 2.26. The number of carbonyl (C=O) groups is 1. The minimum Gasteiger partial charge on any atom is -0.463 e. The van der Waals surface area contributed by atoms with Crippen molar-refractivity contribution in [3.63, 3.8) is 0 Å². The van der Waals surface area contributed by atoms with Gasteiger partial charge in [0.05, 0.1) is 12.7 Å². The fraction of sp³-hybridized carbons (Fsp3) is 0.400. The Morgan fingerprint density at radius 3 is 2.50 bits per heavy atom. The maximum Gasteiger partial charge on any atom is 0.334 e. The van der Waals surface area contributed by atoms with Gasteiger partial charge >= 0.3 is 5.97 Å². The van der Waals surface area contributed by atoms with E-state index in [9.17, 15) is 4.79 Å². The second kappa shape index (κ2) is 6.84. The maximum atomic E-state index is 11.4. The second-order valence-corrected chi connectivity index (χ2v) is 4.63. The van der Waals surface area contributed by atoms with Crippen LogP contribution in [0.5, 0.6) is 0 Å². The Hall–Kier alpha value is -2.17. The first-order valence-corrected chi connectivity index (χ1v) is 6.89. The number of carbonyl (C=O) groups excluding carboxylic acids is 1. The molecular formula is C15H21N3O2. The average molecular weight is 275 g/mol. The van der Waals surface area contributed by atoms with Crippen LogP contribution < -0.4 is 10.6 Å². The molecule has 0 saturated carbocycles. The molecule has 1 aromatic carbocycles. The van der Waals surface area contributed by atoms with Gasteiger partial charge in [-0.05, 0) is 19.1 Å². The minimum absolute atomic E-state index is 0.365. The fourth-order valence-electron chi connectivity index (χ4n) is 2.26. The number of rotatable bonds is 4. The van der Waals surface area contributed by atoms with Crippen LogP contribution >= 0.6 is 0 Å². The van der Waals surface area contributed by atoms with Crippen molar-refractivity contribution in [2.45, 2.75) is 6.92 Å². The number of benzene rings is 1. The van der Waals surface area contributed by atoms with Crippen molar-refractivity contribution in [2.75, 3.05) is 37.7 Å². The van der Waals surface area contributed by atoms with Crippen LogP contribution in [-0.2, 0) is 9.53 Å². The lowest BCUT2D eigenvalue weighted by atomic mass is 10.2. The number of nitrogens with two attached hydrogens (primary N) is 1. The Balaban J connectivity index is 1.89. The largest absolute Gasteiger partial charge is 0.463 e. The highest BCUT2D eigenvalue weighted by molar-refractivity contribution is 5.82. The van der Waals surface area contributed by atoms with E-state index in [2.05, 4.69) is 17.0 Å². The number of hydrogen-bond donors (Lipinski definition) is 1. The normalized spacial score (nSPS) is 16.1. The lowest BCUT2D eigenvalue weighted by Crippen LogP contribution is -2.47. The Morgan fingerprint density at radius 1 is 1.25 bits per heavy atom. The summed E-state index contributed by atoms with van der Waals surface area (Å²) in [4.78, 5) is 15.7. The van der Waals surface area contributed by atoms with Crippen LogP contribution in [-0.4, -0.2) is 43.7 Å². The van der Waals surface area contributed by atoms with Crippen molar-refractivity contribution in [2.24, 2.45) is 5.73 Å². The van der Waals surface area contributed by atoms with E-state index >= 15 is 0 Å². The van der Waals surface area contributed by atoms with E-state index in [1.54, 1.807) is 6.92 Å². The first-order valence-electron chi connectivity index (χ1n) is 6.89. The van der Waals surface area contributed by atoms with Gasteiger partial charge in [0.1, 0.15) is 5.82 Å². The number of esters is 1. The lowest BCUT2D eigenvalue weighted by Gasteiger charge is -2.37. The summed E-state index contributed by atoms with van der Waals surface area (Å²) in [5, 5.41) is 0. The van der Waals surface area contributed by atoms with E-state index in [1.807, 2.05) is 23.1 Å². The molecule has 2 N–H and O–H groups in total. The number of anilines is 1. The predicted molar refractivity (Wildman–Crippen MR) is 79.1 cm³/mol. The van der Waals surface area contributed by atoms with Gasteiger partial charge in [-0.2, -0.15) is 0 Å². The first-order chi connectivity index (χ1) is 9.70. The zero-order chi connectivity index (χ0) is 14.4. The van der Waals surface area contributed by atoms with Crippen LogP contribution in [0.2, 0.25) is 0 Å². The van der Waals surface area contributed by atoms with Crippen LogP contribution in [0.4, 0.5) is 5.69 Å². The van der Waals surface area contributed by atoms with Crippen molar-refractivity contribution in [1.29, 1.82) is 0 Å². The Labute approximate surface area is 119 Å². The average Bonchev–Trinajstić information content (AvgIpc) is 2.48. The van der Waals surface area contributed by atoms with Crippen LogP contribution in [0, 0.1) is 0 Å². The quantitative estimate of drug-likeness (QED) is 0.660. The predicted octanol–water partition coefficient (Wildman–Crippen LogP) is 1.17. The summed E-state index contributed by atoms with van der Waals surface area (Å²) < 4.78 is 4.86. The molecule has 0 unspecified atom stereocenters. The van der Waals surface area contributed by atoms with Gasteiger partial charge in [-0.25, -0.2) is 4.79 Å². The minimum atomic E-state index is -0.379. The Bertz CT molecular complexity index is 465. The van der Waals surface area contributed by atoms with Crippen LogP contribution in [0.1, 0.15) is 6.92 Å². The Kier molecular flexibility index (Phi) is 4.87.